The molecule has 1 N–H and O–H groups in total. The molecule has 3 aliphatic heterocycles. The molecule has 1 aromatic rings. The quantitative estimate of drug-likeness (QED) is 0.833. The summed E-state index contributed by atoms with van der Waals surface area (Å²) in [6.45, 7) is 5.23. The van der Waals surface area contributed by atoms with Crippen LogP contribution < -0.4 is 5.32 Å². The summed E-state index contributed by atoms with van der Waals surface area (Å²) >= 11 is 0. The highest BCUT2D eigenvalue weighted by atomic mass is 16.5. The lowest BCUT2D eigenvalue weighted by atomic mass is 9.88. The standard InChI is InChI=1S/C16H22N2O/c1-2-6-14-13(4-1)10-19-11-16(14)18-7-3-5-12-8-17-9-15(12)18/h1-2,4,6,12,15-17H,3,5,7-11H2. The number of fused-ring (bicyclic) bond motifs is 2. The van der Waals surface area contributed by atoms with Crippen LogP contribution in [-0.4, -0.2) is 37.2 Å². The normalized spacial score (nSPS) is 34.8. The van der Waals surface area contributed by atoms with Crippen LogP contribution in [0.15, 0.2) is 24.3 Å². The van der Waals surface area contributed by atoms with Gasteiger partial charge in [0.15, 0.2) is 0 Å². The third-order valence-electron chi connectivity index (χ3n) is 5.07. The minimum absolute atomic E-state index is 0.470. The van der Waals surface area contributed by atoms with Crippen molar-refractivity contribution in [2.75, 3.05) is 26.2 Å². The summed E-state index contributed by atoms with van der Waals surface area (Å²) in [5.41, 5.74) is 2.88. The molecule has 2 saturated heterocycles. The van der Waals surface area contributed by atoms with Crippen LogP contribution in [0.1, 0.15) is 30.0 Å². The van der Waals surface area contributed by atoms with Gasteiger partial charge in [-0.15, -0.1) is 0 Å². The van der Waals surface area contributed by atoms with Gasteiger partial charge in [0, 0.05) is 12.6 Å². The second-order valence-electron chi connectivity index (χ2n) is 6.10. The lowest BCUT2D eigenvalue weighted by Crippen LogP contribution is -2.48. The van der Waals surface area contributed by atoms with Crippen molar-refractivity contribution in [1.29, 1.82) is 0 Å². The number of rotatable bonds is 1. The number of benzene rings is 1. The maximum atomic E-state index is 5.85. The second kappa shape index (κ2) is 4.89. The summed E-state index contributed by atoms with van der Waals surface area (Å²) in [7, 11) is 0. The first-order valence-electron chi connectivity index (χ1n) is 7.55. The highest BCUT2D eigenvalue weighted by molar-refractivity contribution is 5.31. The molecule has 102 valence electrons. The Morgan fingerprint density at radius 3 is 3.16 bits per heavy atom. The average molecular weight is 258 g/mol. The number of piperidine rings is 1. The van der Waals surface area contributed by atoms with E-state index in [0.29, 0.717) is 12.1 Å². The topological polar surface area (TPSA) is 24.5 Å². The van der Waals surface area contributed by atoms with Crippen LogP contribution in [0.4, 0.5) is 0 Å². The fourth-order valence-corrected chi connectivity index (χ4v) is 4.13. The molecule has 3 atom stereocenters. The second-order valence-corrected chi connectivity index (χ2v) is 6.10. The molecule has 4 rings (SSSR count). The third-order valence-corrected chi connectivity index (χ3v) is 5.07. The summed E-state index contributed by atoms with van der Waals surface area (Å²) in [5.74, 6) is 0.850. The van der Waals surface area contributed by atoms with Gasteiger partial charge in [0.1, 0.15) is 0 Å². The molecule has 3 unspecified atom stereocenters. The van der Waals surface area contributed by atoms with Gasteiger partial charge in [-0.1, -0.05) is 24.3 Å². The van der Waals surface area contributed by atoms with Crippen LogP contribution in [-0.2, 0) is 11.3 Å². The Bertz CT molecular complexity index is 462. The van der Waals surface area contributed by atoms with E-state index in [-0.39, 0.29) is 0 Å². The Morgan fingerprint density at radius 1 is 1.21 bits per heavy atom. The molecule has 0 spiro atoms. The van der Waals surface area contributed by atoms with Crippen molar-refractivity contribution in [2.24, 2.45) is 5.92 Å². The van der Waals surface area contributed by atoms with Gasteiger partial charge in [-0.25, -0.2) is 0 Å². The summed E-state index contributed by atoms with van der Waals surface area (Å²) in [6.07, 6.45) is 2.73. The van der Waals surface area contributed by atoms with E-state index in [1.165, 1.54) is 37.1 Å². The molecule has 3 nitrogen and oxygen atoms in total. The molecule has 3 aliphatic rings. The summed E-state index contributed by atoms with van der Waals surface area (Å²) in [6, 6.07) is 10.0. The number of hydrogen-bond acceptors (Lipinski definition) is 3. The van der Waals surface area contributed by atoms with E-state index in [1.807, 2.05) is 0 Å². The van der Waals surface area contributed by atoms with E-state index in [1.54, 1.807) is 0 Å². The number of hydrogen-bond donors (Lipinski definition) is 1. The third kappa shape index (κ3) is 2.00. The van der Waals surface area contributed by atoms with Crippen LogP contribution in [0.2, 0.25) is 0 Å². The van der Waals surface area contributed by atoms with Gasteiger partial charge in [0.05, 0.1) is 19.3 Å². The van der Waals surface area contributed by atoms with Crippen molar-refractivity contribution < 1.29 is 4.74 Å². The Labute approximate surface area is 114 Å². The molecule has 0 radical (unpaired) electrons. The molecule has 19 heavy (non-hydrogen) atoms. The van der Waals surface area contributed by atoms with Gasteiger partial charge < -0.3 is 10.1 Å². The molecule has 0 amide bonds. The number of nitrogens with zero attached hydrogens (tertiary/aromatic N) is 1. The van der Waals surface area contributed by atoms with E-state index >= 15 is 0 Å². The lowest BCUT2D eigenvalue weighted by Gasteiger charge is -2.44. The zero-order valence-electron chi connectivity index (χ0n) is 11.3. The molecule has 3 heterocycles. The molecule has 0 saturated carbocycles. The maximum Gasteiger partial charge on any atom is 0.0721 e. The minimum atomic E-state index is 0.470. The summed E-state index contributed by atoms with van der Waals surface area (Å²) in [5, 5.41) is 3.57. The Kier molecular flexibility index (Phi) is 3.06. The largest absolute Gasteiger partial charge is 0.375 e. The average Bonchev–Trinajstić information content (AvgIpc) is 2.95. The smallest absolute Gasteiger partial charge is 0.0721 e. The van der Waals surface area contributed by atoms with Gasteiger partial charge >= 0.3 is 0 Å². The van der Waals surface area contributed by atoms with Crippen molar-refractivity contribution in [1.82, 2.24) is 10.2 Å². The van der Waals surface area contributed by atoms with E-state index in [0.717, 1.165) is 25.7 Å². The van der Waals surface area contributed by atoms with Crippen LogP contribution in [0.3, 0.4) is 0 Å². The first-order valence-corrected chi connectivity index (χ1v) is 7.55. The zero-order chi connectivity index (χ0) is 12.7. The molecular formula is C16H22N2O. The zero-order valence-corrected chi connectivity index (χ0v) is 11.3. The molecule has 3 heteroatoms. The van der Waals surface area contributed by atoms with Crippen LogP contribution in [0.5, 0.6) is 0 Å². The molecule has 0 aliphatic carbocycles. The Balaban J connectivity index is 1.65. The van der Waals surface area contributed by atoms with Crippen LogP contribution in [0, 0.1) is 5.92 Å². The monoisotopic (exact) mass is 258 g/mol. The SMILES string of the molecule is c1ccc2c(c1)COCC2N1CCCC2CNCC21. The van der Waals surface area contributed by atoms with Crippen molar-refractivity contribution in [2.45, 2.75) is 31.5 Å². The van der Waals surface area contributed by atoms with Gasteiger partial charge in [-0.2, -0.15) is 0 Å². The maximum absolute atomic E-state index is 5.85. The highest BCUT2D eigenvalue weighted by Crippen LogP contribution is 2.36. The fraction of sp³-hybridized carbons (Fsp3) is 0.625. The van der Waals surface area contributed by atoms with E-state index in [4.69, 9.17) is 4.74 Å². The molecule has 2 fully saturated rings. The Hall–Kier alpha value is -0.900. The molecule has 0 bridgehead atoms. The fourth-order valence-electron chi connectivity index (χ4n) is 4.13. The summed E-state index contributed by atoms with van der Waals surface area (Å²) < 4.78 is 5.85. The predicted octanol–water partition coefficient (Wildman–Crippen LogP) is 1.94. The first kappa shape index (κ1) is 11.9. The van der Waals surface area contributed by atoms with Crippen LogP contribution in [0.25, 0.3) is 0 Å². The van der Waals surface area contributed by atoms with E-state index in [9.17, 15) is 0 Å². The molecule has 1 aromatic carbocycles. The minimum Gasteiger partial charge on any atom is -0.375 e. The Morgan fingerprint density at radius 2 is 2.16 bits per heavy atom. The van der Waals surface area contributed by atoms with Gasteiger partial charge in [-0.05, 0) is 43.0 Å². The predicted molar refractivity (Wildman–Crippen MR) is 74.9 cm³/mol. The number of ether oxygens (including phenoxy) is 1. The van der Waals surface area contributed by atoms with Gasteiger partial charge in [0.2, 0.25) is 0 Å². The summed E-state index contributed by atoms with van der Waals surface area (Å²) in [4.78, 5) is 2.71. The van der Waals surface area contributed by atoms with E-state index < -0.39 is 0 Å². The first-order chi connectivity index (χ1) is 9.43. The van der Waals surface area contributed by atoms with Crippen LogP contribution >= 0.6 is 0 Å². The van der Waals surface area contributed by atoms with Crippen molar-refractivity contribution >= 4 is 0 Å². The number of nitrogens with one attached hydrogen (secondary N) is 1. The van der Waals surface area contributed by atoms with Crippen molar-refractivity contribution in [3.05, 3.63) is 35.4 Å². The van der Waals surface area contributed by atoms with Gasteiger partial charge in [-0.3, -0.25) is 4.90 Å². The molecular weight excluding hydrogens is 236 g/mol. The lowest BCUT2D eigenvalue weighted by molar-refractivity contribution is -0.00501. The van der Waals surface area contributed by atoms with Gasteiger partial charge in [0.25, 0.3) is 0 Å². The number of likely N-dealkylation sites (tertiary alicyclic amines) is 1. The molecule has 0 aromatic heterocycles. The van der Waals surface area contributed by atoms with E-state index in [2.05, 4.69) is 34.5 Å². The highest BCUT2D eigenvalue weighted by Gasteiger charge is 2.39. The van der Waals surface area contributed by atoms with Crippen molar-refractivity contribution in [3.63, 3.8) is 0 Å². The van der Waals surface area contributed by atoms with Crippen molar-refractivity contribution in [3.8, 4) is 0 Å².